The summed E-state index contributed by atoms with van der Waals surface area (Å²) in [5.41, 5.74) is 2.20. The largest absolute Gasteiger partial charge is 0.344 e. The molecule has 2 aromatic rings. The van der Waals surface area contributed by atoms with Gasteiger partial charge in [-0.25, -0.2) is 4.98 Å². The molecular weight excluding hydrogens is 306 g/mol. The zero-order chi connectivity index (χ0) is 16.7. The summed E-state index contributed by atoms with van der Waals surface area (Å²) in [7, 11) is 0. The summed E-state index contributed by atoms with van der Waals surface area (Å²) in [5, 5.41) is 3.52. The molecule has 1 amide bonds. The summed E-state index contributed by atoms with van der Waals surface area (Å²) in [6.45, 7) is 5.46. The lowest BCUT2D eigenvalue weighted by Gasteiger charge is -2.14. The molecule has 0 aliphatic rings. The van der Waals surface area contributed by atoms with Crippen molar-refractivity contribution in [3.05, 3.63) is 36.5 Å². The second kappa shape index (κ2) is 8.44. The Morgan fingerprint density at radius 3 is 2.78 bits per heavy atom. The quantitative estimate of drug-likeness (QED) is 0.628. The van der Waals surface area contributed by atoms with Gasteiger partial charge in [-0.1, -0.05) is 61.9 Å². The summed E-state index contributed by atoms with van der Waals surface area (Å²) in [6.07, 6.45) is 7.02. The predicted octanol–water partition coefficient (Wildman–Crippen LogP) is 3.05. The van der Waals surface area contributed by atoms with E-state index < -0.39 is 0 Å². The lowest BCUT2D eigenvalue weighted by Crippen LogP contribution is -2.25. The van der Waals surface area contributed by atoms with Crippen molar-refractivity contribution in [2.45, 2.75) is 25.5 Å². The molecule has 0 fully saturated rings. The number of aromatic nitrogens is 2. The first-order chi connectivity index (χ1) is 11.1. The first-order valence-electron chi connectivity index (χ1n) is 7.55. The number of nitrogens with zero attached hydrogens (tertiary/aromatic N) is 2. The van der Waals surface area contributed by atoms with Crippen LogP contribution in [0.1, 0.15) is 13.8 Å². The normalized spacial score (nSPS) is 10.5. The van der Waals surface area contributed by atoms with Crippen molar-refractivity contribution in [1.82, 2.24) is 14.9 Å². The Bertz CT molecular complexity index is 686. The zero-order valence-corrected chi connectivity index (χ0v) is 14.3. The Hall–Kier alpha value is -2.19. The Labute approximate surface area is 141 Å². The van der Waals surface area contributed by atoms with Crippen LogP contribution in [0.4, 0.5) is 0 Å². The average molecular weight is 327 g/mol. The van der Waals surface area contributed by atoms with Crippen molar-refractivity contribution in [2.24, 2.45) is 5.92 Å². The van der Waals surface area contributed by atoms with Gasteiger partial charge >= 0.3 is 0 Å². The molecule has 0 atom stereocenters. The molecule has 0 spiro atoms. The minimum atomic E-state index is -0.0756. The average Bonchev–Trinajstić information content (AvgIpc) is 2.93. The van der Waals surface area contributed by atoms with Gasteiger partial charge in [0.1, 0.15) is 0 Å². The highest BCUT2D eigenvalue weighted by Gasteiger charge is 2.14. The molecule has 0 radical (unpaired) electrons. The second-order valence-corrected chi connectivity index (χ2v) is 6.51. The Morgan fingerprint density at radius 1 is 1.39 bits per heavy atom. The van der Waals surface area contributed by atoms with Crippen LogP contribution in [0.5, 0.6) is 0 Å². The number of nitrogens with one attached hydrogen (secondary N) is 1. The van der Waals surface area contributed by atoms with Crippen LogP contribution in [0, 0.1) is 18.3 Å². The molecule has 0 bridgehead atoms. The van der Waals surface area contributed by atoms with E-state index in [0.717, 1.165) is 23.0 Å². The van der Waals surface area contributed by atoms with Crippen LogP contribution in [0.15, 0.2) is 41.7 Å². The predicted molar refractivity (Wildman–Crippen MR) is 95.1 cm³/mol. The summed E-state index contributed by atoms with van der Waals surface area (Å²) in [4.78, 5) is 16.2. The van der Waals surface area contributed by atoms with E-state index in [1.165, 1.54) is 11.8 Å². The maximum atomic E-state index is 11.7. The highest BCUT2D eigenvalue weighted by Crippen LogP contribution is 2.27. The van der Waals surface area contributed by atoms with Crippen LogP contribution < -0.4 is 5.32 Å². The molecule has 0 saturated carbocycles. The molecule has 23 heavy (non-hydrogen) atoms. The van der Waals surface area contributed by atoms with Crippen molar-refractivity contribution in [3.8, 4) is 23.6 Å². The Balaban J connectivity index is 2.18. The van der Waals surface area contributed by atoms with E-state index in [2.05, 4.69) is 46.8 Å². The number of rotatable bonds is 7. The first kappa shape index (κ1) is 17.2. The van der Waals surface area contributed by atoms with Gasteiger partial charge < -0.3 is 9.88 Å². The van der Waals surface area contributed by atoms with Gasteiger partial charge in [-0.05, 0) is 11.5 Å². The van der Waals surface area contributed by atoms with Crippen molar-refractivity contribution >= 4 is 17.7 Å². The number of carbonyl (C=O) groups excluding carboxylic acids is 1. The van der Waals surface area contributed by atoms with Crippen LogP contribution >= 0.6 is 11.8 Å². The van der Waals surface area contributed by atoms with E-state index in [0.29, 0.717) is 11.7 Å². The van der Waals surface area contributed by atoms with E-state index in [9.17, 15) is 4.79 Å². The fourth-order valence-corrected chi connectivity index (χ4v) is 3.00. The maximum Gasteiger partial charge on any atom is 0.231 e. The van der Waals surface area contributed by atoms with Crippen molar-refractivity contribution in [3.63, 3.8) is 0 Å². The van der Waals surface area contributed by atoms with Gasteiger partial charge in [-0.2, -0.15) is 0 Å². The number of hydrogen-bond donors (Lipinski definition) is 1. The van der Waals surface area contributed by atoms with Crippen LogP contribution in [-0.4, -0.2) is 27.8 Å². The maximum absolute atomic E-state index is 11.7. The highest BCUT2D eigenvalue weighted by atomic mass is 32.2. The third kappa shape index (κ3) is 4.90. The van der Waals surface area contributed by atoms with Gasteiger partial charge in [0.05, 0.1) is 24.2 Å². The van der Waals surface area contributed by atoms with E-state index in [1.807, 2.05) is 24.4 Å². The van der Waals surface area contributed by atoms with Crippen LogP contribution in [0.2, 0.25) is 0 Å². The molecule has 1 aromatic heterocycles. The van der Waals surface area contributed by atoms with Crippen LogP contribution in [-0.2, 0) is 11.3 Å². The minimum absolute atomic E-state index is 0.0756. The second-order valence-electron chi connectivity index (χ2n) is 5.57. The van der Waals surface area contributed by atoms with Gasteiger partial charge in [-0.3, -0.25) is 4.79 Å². The van der Waals surface area contributed by atoms with E-state index in [-0.39, 0.29) is 12.5 Å². The van der Waals surface area contributed by atoms with E-state index in [1.54, 1.807) is 0 Å². The molecule has 0 unspecified atom stereocenters. The molecule has 0 aliphatic heterocycles. The molecule has 1 aromatic carbocycles. The number of carbonyl (C=O) groups is 1. The molecule has 0 saturated heterocycles. The number of benzene rings is 1. The number of imidazole rings is 1. The highest BCUT2D eigenvalue weighted by molar-refractivity contribution is 7.99. The van der Waals surface area contributed by atoms with Crippen molar-refractivity contribution < 1.29 is 4.79 Å². The Morgan fingerprint density at radius 2 is 2.13 bits per heavy atom. The number of hydrogen-bond acceptors (Lipinski definition) is 3. The SMILES string of the molecule is C#CCNC(=O)CSc1ncc(-c2ccccc2)n1CC(C)C. The number of amides is 1. The van der Waals surface area contributed by atoms with Crippen LogP contribution in [0.3, 0.4) is 0 Å². The lowest BCUT2D eigenvalue weighted by molar-refractivity contribution is -0.118. The summed E-state index contributed by atoms with van der Waals surface area (Å²) in [5.74, 6) is 3.12. The molecule has 1 N–H and O–H groups in total. The molecule has 4 nitrogen and oxygen atoms in total. The Kier molecular flexibility index (Phi) is 6.30. The van der Waals surface area contributed by atoms with Gasteiger partial charge in [-0.15, -0.1) is 6.42 Å². The third-order valence-corrected chi connectivity index (χ3v) is 4.15. The standard InChI is InChI=1S/C18H21N3OS/c1-4-10-19-17(22)13-23-18-20-11-16(21(18)12-14(2)3)15-8-6-5-7-9-15/h1,5-9,11,14H,10,12-13H2,2-3H3,(H,19,22). The zero-order valence-electron chi connectivity index (χ0n) is 13.5. The summed E-state index contributed by atoms with van der Waals surface area (Å²) >= 11 is 1.43. The van der Waals surface area contributed by atoms with Gasteiger partial charge in [0, 0.05) is 6.54 Å². The van der Waals surface area contributed by atoms with E-state index >= 15 is 0 Å². The topological polar surface area (TPSA) is 46.9 Å². The molecule has 1 heterocycles. The van der Waals surface area contributed by atoms with Gasteiger partial charge in [0.15, 0.2) is 5.16 Å². The molecule has 120 valence electrons. The molecular formula is C18H21N3OS. The summed E-state index contributed by atoms with van der Waals surface area (Å²) in [6, 6.07) is 10.2. The fourth-order valence-electron chi connectivity index (χ4n) is 2.19. The first-order valence-corrected chi connectivity index (χ1v) is 8.54. The monoisotopic (exact) mass is 327 g/mol. The molecule has 2 rings (SSSR count). The van der Waals surface area contributed by atoms with Gasteiger partial charge in [0.25, 0.3) is 0 Å². The summed E-state index contributed by atoms with van der Waals surface area (Å²) < 4.78 is 2.18. The lowest BCUT2D eigenvalue weighted by atomic mass is 10.1. The number of terminal acetylenes is 1. The van der Waals surface area contributed by atoms with Crippen LogP contribution in [0.25, 0.3) is 11.3 Å². The fraction of sp³-hybridized carbons (Fsp3) is 0.333. The minimum Gasteiger partial charge on any atom is -0.344 e. The van der Waals surface area contributed by atoms with Crippen molar-refractivity contribution in [2.75, 3.05) is 12.3 Å². The smallest absolute Gasteiger partial charge is 0.231 e. The number of thioether (sulfide) groups is 1. The van der Waals surface area contributed by atoms with Crippen molar-refractivity contribution in [1.29, 1.82) is 0 Å². The van der Waals surface area contributed by atoms with Gasteiger partial charge in [0.2, 0.25) is 5.91 Å². The molecule has 5 heteroatoms. The molecule has 0 aliphatic carbocycles. The van der Waals surface area contributed by atoms with E-state index in [4.69, 9.17) is 6.42 Å². The third-order valence-electron chi connectivity index (χ3n) is 3.16.